The van der Waals surface area contributed by atoms with E-state index in [-0.39, 0.29) is 23.1 Å². The van der Waals surface area contributed by atoms with Crippen LogP contribution in [-0.2, 0) is 0 Å². The van der Waals surface area contributed by atoms with E-state index in [0.29, 0.717) is 17.2 Å². The van der Waals surface area contributed by atoms with Gasteiger partial charge in [0.1, 0.15) is 17.2 Å². The third-order valence-electron chi connectivity index (χ3n) is 4.34. The van der Waals surface area contributed by atoms with Crippen molar-refractivity contribution in [2.24, 2.45) is 0 Å². The van der Waals surface area contributed by atoms with Crippen LogP contribution in [0, 0.1) is 17.0 Å². The number of hydrogen-bond acceptors (Lipinski definition) is 8. The van der Waals surface area contributed by atoms with Crippen LogP contribution in [0.5, 0.6) is 11.5 Å². The van der Waals surface area contributed by atoms with Gasteiger partial charge in [0.2, 0.25) is 11.8 Å². The van der Waals surface area contributed by atoms with Gasteiger partial charge in [0.25, 0.3) is 0 Å². The molecule has 1 aromatic heterocycles. The van der Waals surface area contributed by atoms with Gasteiger partial charge in [-0.3, -0.25) is 10.1 Å². The van der Waals surface area contributed by atoms with E-state index in [9.17, 15) is 10.1 Å². The number of hydrogen-bond donors (Lipinski definition) is 1. The maximum Gasteiger partial charge on any atom is 0.333 e. The Morgan fingerprint density at radius 3 is 2.41 bits per heavy atom. The lowest BCUT2D eigenvalue weighted by molar-refractivity contribution is -0.385. The average molecular weight is 395 g/mol. The van der Waals surface area contributed by atoms with Crippen molar-refractivity contribution in [2.75, 3.05) is 31.5 Å². The van der Waals surface area contributed by atoms with Crippen LogP contribution in [0.4, 0.5) is 28.8 Å². The molecule has 0 unspecified atom stereocenters. The minimum atomic E-state index is -0.470. The van der Waals surface area contributed by atoms with Crippen LogP contribution in [0.15, 0.2) is 48.5 Å². The highest BCUT2D eigenvalue weighted by atomic mass is 16.6. The number of nitro groups is 1. The molecule has 0 aliphatic heterocycles. The van der Waals surface area contributed by atoms with Gasteiger partial charge in [0.05, 0.1) is 24.8 Å². The molecular weight excluding hydrogens is 374 g/mol. The van der Waals surface area contributed by atoms with Crippen LogP contribution in [0.3, 0.4) is 0 Å². The fraction of sp³-hybridized carbons (Fsp3) is 0.200. The second-order valence-corrected chi connectivity index (χ2v) is 6.15. The maximum atomic E-state index is 11.7. The Hall–Kier alpha value is -3.88. The van der Waals surface area contributed by atoms with Gasteiger partial charge >= 0.3 is 5.69 Å². The number of ether oxygens (including phenoxy) is 2. The lowest BCUT2D eigenvalue weighted by atomic mass is 10.2. The molecule has 0 fully saturated rings. The monoisotopic (exact) mass is 395 g/mol. The van der Waals surface area contributed by atoms with E-state index in [1.165, 1.54) is 7.11 Å². The number of benzene rings is 2. The Labute approximate surface area is 168 Å². The highest BCUT2D eigenvalue weighted by Crippen LogP contribution is 2.35. The number of methoxy groups -OCH3 is 2. The second kappa shape index (κ2) is 8.42. The molecule has 150 valence electrons. The summed E-state index contributed by atoms with van der Waals surface area (Å²) in [5, 5.41) is 14.7. The summed E-state index contributed by atoms with van der Waals surface area (Å²) in [6.45, 7) is 1.58. The zero-order chi connectivity index (χ0) is 21.0. The smallest absolute Gasteiger partial charge is 0.333 e. The van der Waals surface area contributed by atoms with Gasteiger partial charge in [-0.2, -0.15) is 4.98 Å². The number of rotatable bonds is 7. The van der Waals surface area contributed by atoms with Crippen LogP contribution in [0.1, 0.15) is 5.69 Å². The number of nitrogens with zero attached hydrogens (tertiary/aromatic N) is 4. The third kappa shape index (κ3) is 4.18. The summed E-state index contributed by atoms with van der Waals surface area (Å²) in [5.41, 5.74) is 1.47. The summed E-state index contributed by atoms with van der Waals surface area (Å²) in [5.74, 6) is 1.57. The first-order valence-corrected chi connectivity index (χ1v) is 8.75. The molecule has 0 atom stereocenters. The Balaban J connectivity index is 2.06. The van der Waals surface area contributed by atoms with Gasteiger partial charge in [0.15, 0.2) is 0 Å². The van der Waals surface area contributed by atoms with Crippen LogP contribution >= 0.6 is 0 Å². The third-order valence-corrected chi connectivity index (χ3v) is 4.34. The fourth-order valence-corrected chi connectivity index (χ4v) is 2.85. The maximum absolute atomic E-state index is 11.7. The first-order valence-electron chi connectivity index (χ1n) is 8.75. The van der Waals surface area contributed by atoms with Crippen molar-refractivity contribution < 1.29 is 14.4 Å². The summed E-state index contributed by atoms with van der Waals surface area (Å²) in [7, 11) is 4.83. The SMILES string of the molecule is COc1ccc(Nc2nc(C)c([N+](=O)[O-])c(N(C)c3ccccc3)n2)c(OC)c1. The molecular formula is C20H21N5O4. The van der Waals surface area contributed by atoms with E-state index < -0.39 is 4.92 Å². The van der Waals surface area contributed by atoms with E-state index >= 15 is 0 Å². The summed E-state index contributed by atoms with van der Waals surface area (Å²) >= 11 is 0. The zero-order valence-corrected chi connectivity index (χ0v) is 16.5. The highest BCUT2D eigenvalue weighted by Gasteiger charge is 2.26. The van der Waals surface area contributed by atoms with Crippen molar-refractivity contribution in [3.05, 3.63) is 64.3 Å². The van der Waals surface area contributed by atoms with Crippen LogP contribution < -0.4 is 19.7 Å². The Morgan fingerprint density at radius 2 is 1.79 bits per heavy atom. The molecule has 9 heteroatoms. The number of anilines is 4. The summed E-state index contributed by atoms with van der Waals surface area (Å²) in [4.78, 5) is 21.5. The quantitative estimate of drug-likeness (QED) is 0.468. The Kier molecular flexibility index (Phi) is 5.77. The largest absolute Gasteiger partial charge is 0.497 e. The van der Waals surface area contributed by atoms with Crippen molar-refractivity contribution in [1.82, 2.24) is 9.97 Å². The molecule has 0 bridgehead atoms. The Morgan fingerprint density at radius 1 is 1.07 bits per heavy atom. The molecule has 0 saturated carbocycles. The van der Waals surface area contributed by atoms with Gasteiger partial charge in [-0.25, -0.2) is 4.98 Å². The second-order valence-electron chi connectivity index (χ2n) is 6.15. The Bertz CT molecular complexity index is 1030. The molecule has 3 aromatic rings. The molecule has 0 saturated heterocycles. The highest BCUT2D eigenvalue weighted by molar-refractivity contribution is 5.72. The van der Waals surface area contributed by atoms with E-state index in [4.69, 9.17) is 9.47 Å². The molecule has 0 aliphatic carbocycles. The predicted molar refractivity (Wildman–Crippen MR) is 111 cm³/mol. The number of aromatic nitrogens is 2. The molecule has 1 heterocycles. The van der Waals surface area contributed by atoms with Crippen LogP contribution in [0.2, 0.25) is 0 Å². The van der Waals surface area contributed by atoms with Gasteiger partial charge < -0.3 is 19.7 Å². The van der Waals surface area contributed by atoms with E-state index in [2.05, 4.69) is 15.3 Å². The molecule has 0 spiro atoms. The van der Waals surface area contributed by atoms with Crippen molar-refractivity contribution in [2.45, 2.75) is 6.92 Å². The van der Waals surface area contributed by atoms with E-state index in [1.807, 2.05) is 30.3 Å². The molecule has 0 aliphatic rings. The first kappa shape index (κ1) is 19.9. The molecule has 1 N–H and O–H groups in total. The number of aryl methyl sites for hydroxylation is 1. The molecule has 2 aromatic carbocycles. The van der Waals surface area contributed by atoms with Gasteiger partial charge in [-0.05, 0) is 31.2 Å². The lowest BCUT2D eigenvalue weighted by Crippen LogP contribution is -2.16. The van der Waals surface area contributed by atoms with Crippen LogP contribution in [0.25, 0.3) is 0 Å². The van der Waals surface area contributed by atoms with Crippen molar-refractivity contribution in [3.8, 4) is 11.5 Å². The lowest BCUT2D eigenvalue weighted by Gasteiger charge is -2.20. The minimum Gasteiger partial charge on any atom is -0.497 e. The van der Waals surface area contributed by atoms with Gasteiger partial charge in [-0.15, -0.1) is 0 Å². The topological polar surface area (TPSA) is 103 Å². The minimum absolute atomic E-state index is 0.149. The molecule has 0 radical (unpaired) electrons. The molecule has 3 rings (SSSR count). The molecule has 0 amide bonds. The number of nitrogens with one attached hydrogen (secondary N) is 1. The van der Waals surface area contributed by atoms with Crippen molar-refractivity contribution in [1.29, 1.82) is 0 Å². The van der Waals surface area contributed by atoms with Gasteiger partial charge in [0, 0.05) is 18.8 Å². The van der Waals surface area contributed by atoms with Crippen molar-refractivity contribution >= 4 is 28.8 Å². The summed E-state index contributed by atoms with van der Waals surface area (Å²) in [6, 6.07) is 14.5. The van der Waals surface area contributed by atoms with E-state index in [1.54, 1.807) is 44.2 Å². The van der Waals surface area contributed by atoms with Gasteiger partial charge in [-0.1, -0.05) is 18.2 Å². The summed E-state index contributed by atoms with van der Waals surface area (Å²) in [6.07, 6.45) is 0. The average Bonchev–Trinajstić information content (AvgIpc) is 2.73. The van der Waals surface area contributed by atoms with Crippen molar-refractivity contribution in [3.63, 3.8) is 0 Å². The predicted octanol–water partition coefficient (Wildman–Crippen LogP) is 4.22. The fourth-order valence-electron chi connectivity index (χ4n) is 2.85. The first-order chi connectivity index (χ1) is 13.9. The standard InChI is InChI=1S/C20H21N5O4/c1-13-18(25(26)27)19(24(2)14-8-6-5-7-9-14)23-20(21-13)22-16-11-10-15(28-3)12-17(16)29-4/h5-12H,1-4H3,(H,21,22,23). The number of para-hydroxylation sites is 1. The van der Waals surface area contributed by atoms with E-state index in [0.717, 1.165) is 5.69 Å². The van der Waals surface area contributed by atoms with Crippen LogP contribution in [-0.4, -0.2) is 36.2 Å². The zero-order valence-electron chi connectivity index (χ0n) is 16.5. The molecule has 29 heavy (non-hydrogen) atoms. The normalized spacial score (nSPS) is 10.3. The summed E-state index contributed by atoms with van der Waals surface area (Å²) < 4.78 is 10.6. The molecule has 9 nitrogen and oxygen atoms in total.